The molecule has 1 heterocycles. The largest absolute Gasteiger partial charge is 0.490 e. The molecule has 0 aliphatic carbocycles. The topological polar surface area (TPSA) is 84.0 Å². The van der Waals surface area contributed by atoms with E-state index in [1.165, 1.54) is 0 Å². The molecule has 1 amide bonds. The smallest absolute Gasteiger partial charge is 0.251 e. The molecule has 0 bridgehead atoms. The first-order valence-corrected chi connectivity index (χ1v) is 9.44. The maximum atomic E-state index is 11.8. The minimum Gasteiger partial charge on any atom is -0.490 e. The Morgan fingerprint density at radius 1 is 1.04 bits per heavy atom. The molecule has 28 heavy (non-hydrogen) atoms. The van der Waals surface area contributed by atoms with Crippen LogP contribution in [0.4, 0.5) is 5.69 Å². The Kier molecular flexibility index (Phi) is 6.73. The lowest BCUT2D eigenvalue weighted by atomic mass is 10.1. The predicted octanol–water partition coefficient (Wildman–Crippen LogP) is 2.79. The molecule has 0 fully saturated rings. The van der Waals surface area contributed by atoms with Gasteiger partial charge in [-0.1, -0.05) is 12.1 Å². The fraction of sp³-hybridized carbons (Fsp3) is 0.333. The van der Waals surface area contributed by atoms with E-state index in [0.29, 0.717) is 37.8 Å². The highest BCUT2D eigenvalue weighted by Gasteiger charge is 2.11. The van der Waals surface area contributed by atoms with Crippen LogP contribution in [0.15, 0.2) is 47.5 Å². The van der Waals surface area contributed by atoms with E-state index in [9.17, 15) is 4.79 Å². The molecule has 0 aromatic heterocycles. The Morgan fingerprint density at radius 3 is 2.50 bits per heavy atom. The van der Waals surface area contributed by atoms with Gasteiger partial charge >= 0.3 is 0 Å². The summed E-state index contributed by atoms with van der Waals surface area (Å²) in [5.74, 6) is 2.08. The number of carbonyl (C=O) groups excluding carboxylic acids is 1. The van der Waals surface area contributed by atoms with Gasteiger partial charge in [0.15, 0.2) is 17.5 Å². The van der Waals surface area contributed by atoms with Crippen LogP contribution in [0.25, 0.3) is 0 Å². The second-order valence-corrected chi connectivity index (χ2v) is 6.32. The van der Waals surface area contributed by atoms with Crippen molar-refractivity contribution >= 4 is 17.6 Å². The van der Waals surface area contributed by atoms with Gasteiger partial charge in [0, 0.05) is 43.9 Å². The molecule has 2 aromatic rings. The van der Waals surface area contributed by atoms with E-state index in [0.717, 1.165) is 29.2 Å². The van der Waals surface area contributed by atoms with Gasteiger partial charge in [0.25, 0.3) is 5.91 Å². The molecule has 1 aliphatic rings. The number of guanidine groups is 1. The van der Waals surface area contributed by atoms with Gasteiger partial charge < -0.3 is 25.4 Å². The van der Waals surface area contributed by atoms with Gasteiger partial charge in [-0.25, -0.2) is 0 Å². The number of rotatable bonds is 5. The maximum Gasteiger partial charge on any atom is 0.251 e. The van der Waals surface area contributed by atoms with Crippen molar-refractivity contribution in [2.45, 2.75) is 19.9 Å². The molecule has 3 N–H and O–H groups in total. The molecule has 2 aromatic carbocycles. The molecular formula is C21H26N4O3. The molecule has 3 rings (SSSR count). The Hall–Kier alpha value is -3.22. The fourth-order valence-corrected chi connectivity index (χ4v) is 2.78. The lowest BCUT2D eigenvalue weighted by molar-refractivity contribution is 0.0956. The van der Waals surface area contributed by atoms with Crippen LogP contribution >= 0.6 is 0 Å². The van der Waals surface area contributed by atoms with E-state index in [-0.39, 0.29) is 5.91 Å². The second-order valence-electron chi connectivity index (χ2n) is 6.32. The lowest BCUT2D eigenvalue weighted by Crippen LogP contribution is -2.30. The fourth-order valence-electron chi connectivity index (χ4n) is 2.78. The van der Waals surface area contributed by atoms with Gasteiger partial charge in [0.1, 0.15) is 0 Å². The van der Waals surface area contributed by atoms with E-state index >= 15 is 0 Å². The van der Waals surface area contributed by atoms with Crippen LogP contribution in [0.2, 0.25) is 0 Å². The number of anilines is 1. The Balaban J connectivity index is 1.58. The summed E-state index contributed by atoms with van der Waals surface area (Å²) in [5.41, 5.74) is 2.57. The summed E-state index contributed by atoms with van der Waals surface area (Å²) < 4.78 is 11.4. The van der Waals surface area contributed by atoms with Gasteiger partial charge in [-0.15, -0.1) is 0 Å². The zero-order valence-corrected chi connectivity index (χ0v) is 16.2. The molecule has 7 heteroatoms. The van der Waals surface area contributed by atoms with Crippen LogP contribution in [0, 0.1) is 0 Å². The minimum absolute atomic E-state index is 0.0612. The molecule has 0 radical (unpaired) electrons. The number of hydrogen-bond donors (Lipinski definition) is 3. The minimum atomic E-state index is -0.0612. The monoisotopic (exact) mass is 382 g/mol. The standard InChI is InChI=1S/C21H26N4O3/c1-3-23-20(26)16-7-5-15(6-8-16)14-24-21(22-2)25-17-9-10-18-19(13-17)28-12-4-11-27-18/h5-10,13H,3-4,11-12,14H2,1-2H3,(H,23,26)(H2,22,24,25). The average Bonchev–Trinajstić information content (AvgIpc) is 2.96. The van der Waals surface area contributed by atoms with Crippen LogP contribution < -0.4 is 25.4 Å². The van der Waals surface area contributed by atoms with Crippen molar-refractivity contribution in [3.63, 3.8) is 0 Å². The van der Waals surface area contributed by atoms with Crippen molar-refractivity contribution in [1.29, 1.82) is 0 Å². The zero-order valence-electron chi connectivity index (χ0n) is 16.2. The molecule has 148 valence electrons. The number of nitrogens with zero attached hydrogens (tertiary/aromatic N) is 1. The van der Waals surface area contributed by atoms with Crippen molar-refractivity contribution in [2.75, 3.05) is 32.1 Å². The van der Waals surface area contributed by atoms with Crippen LogP contribution in [0.1, 0.15) is 29.3 Å². The number of carbonyl (C=O) groups is 1. The van der Waals surface area contributed by atoms with Gasteiger partial charge in [0.2, 0.25) is 0 Å². The summed E-state index contributed by atoms with van der Waals surface area (Å²) in [6.45, 7) is 4.42. The number of aliphatic imine (C=N–C) groups is 1. The third kappa shape index (κ3) is 5.16. The summed E-state index contributed by atoms with van der Waals surface area (Å²) in [6, 6.07) is 13.2. The van der Waals surface area contributed by atoms with Crippen LogP contribution in [0.3, 0.4) is 0 Å². The first kappa shape index (κ1) is 19.5. The SMILES string of the molecule is CCNC(=O)c1ccc(CNC(=NC)Nc2ccc3c(c2)OCCCO3)cc1. The van der Waals surface area contributed by atoms with Crippen molar-refractivity contribution in [1.82, 2.24) is 10.6 Å². The van der Waals surface area contributed by atoms with Crippen LogP contribution in [-0.2, 0) is 6.54 Å². The van der Waals surface area contributed by atoms with Gasteiger partial charge in [-0.05, 0) is 36.8 Å². The summed E-state index contributed by atoms with van der Waals surface area (Å²) >= 11 is 0. The summed E-state index contributed by atoms with van der Waals surface area (Å²) in [4.78, 5) is 16.1. The number of benzene rings is 2. The first-order chi connectivity index (χ1) is 13.7. The van der Waals surface area contributed by atoms with Crippen molar-refractivity contribution < 1.29 is 14.3 Å². The summed E-state index contributed by atoms with van der Waals surface area (Å²) in [7, 11) is 1.72. The van der Waals surface area contributed by atoms with E-state index in [1.54, 1.807) is 7.05 Å². The Bertz CT molecular complexity index is 834. The molecule has 0 saturated carbocycles. The number of hydrogen-bond acceptors (Lipinski definition) is 4. The van der Waals surface area contributed by atoms with E-state index in [2.05, 4.69) is 20.9 Å². The maximum absolute atomic E-state index is 11.8. The highest BCUT2D eigenvalue weighted by Crippen LogP contribution is 2.32. The number of ether oxygens (including phenoxy) is 2. The molecule has 7 nitrogen and oxygen atoms in total. The number of nitrogens with one attached hydrogen (secondary N) is 3. The zero-order chi connectivity index (χ0) is 19.8. The van der Waals surface area contributed by atoms with Crippen molar-refractivity contribution in [2.24, 2.45) is 4.99 Å². The van der Waals surface area contributed by atoms with Crippen molar-refractivity contribution in [3.05, 3.63) is 53.6 Å². The van der Waals surface area contributed by atoms with E-state index in [1.807, 2.05) is 49.4 Å². The average molecular weight is 382 g/mol. The van der Waals surface area contributed by atoms with E-state index in [4.69, 9.17) is 9.47 Å². The molecule has 0 saturated heterocycles. The van der Waals surface area contributed by atoms with Crippen molar-refractivity contribution in [3.8, 4) is 11.5 Å². The molecule has 0 atom stereocenters. The molecule has 0 spiro atoms. The van der Waals surface area contributed by atoms with E-state index < -0.39 is 0 Å². The Labute approximate surface area is 165 Å². The van der Waals surface area contributed by atoms with Crippen LogP contribution in [0.5, 0.6) is 11.5 Å². The van der Waals surface area contributed by atoms with Gasteiger partial charge in [-0.3, -0.25) is 9.79 Å². The second kappa shape index (κ2) is 9.64. The van der Waals surface area contributed by atoms with Crippen LogP contribution in [-0.4, -0.2) is 38.7 Å². The third-order valence-electron chi connectivity index (χ3n) is 4.25. The molecule has 0 unspecified atom stereocenters. The Morgan fingerprint density at radius 2 is 1.79 bits per heavy atom. The first-order valence-electron chi connectivity index (χ1n) is 9.44. The quantitative estimate of drug-likeness (QED) is 0.547. The predicted molar refractivity (Wildman–Crippen MR) is 110 cm³/mol. The number of fused-ring (bicyclic) bond motifs is 1. The van der Waals surface area contributed by atoms with Gasteiger partial charge in [0.05, 0.1) is 13.2 Å². The highest BCUT2D eigenvalue weighted by atomic mass is 16.5. The normalized spacial score (nSPS) is 13.4. The summed E-state index contributed by atoms with van der Waals surface area (Å²) in [5, 5.41) is 9.31. The molecular weight excluding hydrogens is 356 g/mol. The molecule has 1 aliphatic heterocycles. The van der Waals surface area contributed by atoms with Gasteiger partial charge in [-0.2, -0.15) is 0 Å². The highest BCUT2D eigenvalue weighted by molar-refractivity contribution is 5.94. The lowest BCUT2D eigenvalue weighted by Gasteiger charge is -2.14. The number of amides is 1. The summed E-state index contributed by atoms with van der Waals surface area (Å²) in [6.07, 6.45) is 0.875. The third-order valence-corrected chi connectivity index (χ3v) is 4.25.